The van der Waals surface area contributed by atoms with E-state index in [4.69, 9.17) is 19.9 Å². The predicted octanol–water partition coefficient (Wildman–Crippen LogP) is 4.94. The highest BCUT2D eigenvalue weighted by Gasteiger charge is 2.15. The van der Waals surface area contributed by atoms with E-state index in [0.29, 0.717) is 23.7 Å². The van der Waals surface area contributed by atoms with Crippen molar-refractivity contribution >= 4 is 12.0 Å². The SMILES string of the molecule is CC(C)(C)OC(=O)NCCOc1cc(C(N)=O)cc(-c2cccc(OCc3ccccc3)c2)c1. The second-order valence-corrected chi connectivity index (χ2v) is 8.69. The maximum atomic E-state index is 11.9. The molecule has 0 aromatic heterocycles. The molecule has 3 aromatic carbocycles. The number of primary amides is 1. The van der Waals surface area contributed by atoms with Gasteiger partial charge in [-0.2, -0.15) is 0 Å². The summed E-state index contributed by atoms with van der Waals surface area (Å²) >= 11 is 0. The summed E-state index contributed by atoms with van der Waals surface area (Å²) in [6.45, 7) is 6.27. The smallest absolute Gasteiger partial charge is 0.407 e. The molecule has 0 saturated carbocycles. The Morgan fingerprint density at radius 3 is 2.29 bits per heavy atom. The first kappa shape index (κ1) is 24.6. The fraction of sp³-hybridized carbons (Fsp3) is 0.259. The summed E-state index contributed by atoms with van der Waals surface area (Å²) < 4.78 is 16.9. The third kappa shape index (κ3) is 7.85. The fourth-order valence-corrected chi connectivity index (χ4v) is 3.13. The minimum atomic E-state index is -0.574. The highest BCUT2D eigenvalue weighted by molar-refractivity contribution is 5.94. The van der Waals surface area contributed by atoms with E-state index in [9.17, 15) is 9.59 Å². The molecule has 34 heavy (non-hydrogen) atoms. The summed E-state index contributed by atoms with van der Waals surface area (Å²) in [7, 11) is 0. The molecule has 7 nitrogen and oxygen atoms in total. The van der Waals surface area contributed by atoms with Crippen molar-refractivity contribution in [1.82, 2.24) is 5.32 Å². The van der Waals surface area contributed by atoms with Crippen molar-refractivity contribution in [2.45, 2.75) is 33.0 Å². The maximum absolute atomic E-state index is 11.9. The van der Waals surface area contributed by atoms with Crippen molar-refractivity contribution in [3.63, 3.8) is 0 Å². The summed E-state index contributed by atoms with van der Waals surface area (Å²) in [5, 5.41) is 2.63. The maximum Gasteiger partial charge on any atom is 0.407 e. The van der Waals surface area contributed by atoms with Crippen LogP contribution >= 0.6 is 0 Å². The van der Waals surface area contributed by atoms with Crippen LogP contribution in [0.25, 0.3) is 11.1 Å². The number of ether oxygens (including phenoxy) is 3. The van der Waals surface area contributed by atoms with Crippen LogP contribution in [0.1, 0.15) is 36.7 Å². The van der Waals surface area contributed by atoms with Gasteiger partial charge in [-0.3, -0.25) is 4.79 Å². The zero-order chi connectivity index (χ0) is 24.6. The Morgan fingerprint density at radius 2 is 1.59 bits per heavy atom. The second-order valence-electron chi connectivity index (χ2n) is 8.69. The Hall–Kier alpha value is -4.00. The first-order chi connectivity index (χ1) is 16.2. The number of rotatable bonds is 9. The summed E-state index contributed by atoms with van der Waals surface area (Å²) in [6, 6.07) is 22.6. The topological polar surface area (TPSA) is 99.9 Å². The molecule has 3 aromatic rings. The van der Waals surface area contributed by atoms with Crippen LogP contribution in [-0.4, -0.2) is 30.8 Å². The zero-order valence-electron chi connectivity index (χ0n) is 19.7. The summed E-state index contributed by atoms with van der Waals surface area (Å²) in [6.07, 6.45) is -0.519. The van der Waals surface area contributed by atoms with E-state index < -0.39 is 17.6 Å². The van der Waals surface area contributed by atoms with Crippen LogP contribution in [-0.2, 0) is 11.3 Å². The van der Waals surface area contributed by atoms with Crippen LogP contribution in [0, 0.1) is 0 Å². The molecule has 0 aliphatic rings. The number of hydrogen-bond donors (Lipinski definition) is 2. The molecule has 0 aliphatic heterocycles. The lowest BCUT2D eigenvalue weighted by molar-refractivity contribution is 0.0520. The molecule has 0 fully saturated rings. The van der Waals surface area contributed by atoms with Gasteiger partial charge in [0.1, 0.15) is 30.3 Å². The molecule has 178 valence electrons. The van der Waals surface area contributed by atoms with Crippen molar-refractivity contribution < 1.29 is 23.8 Å². The molecule has 0 heterocycles. The van der Waals surface area contributed by atoms with Crippen molar-refractivity contribution in [3.8, 4) is 22.6 Å². The quantitative estimate of drug-likeness (QED) is 0.439. The highest BCUT2D eigenvalue weighted by Crippen LogP contribution is 2.29. The van der Waals surface area contributed by atoms with Crippen LogP contribution in [0.15, 0.2) is 72.8 Å². The lowest BCUT2D eigenvalue weighted by atomic mass is 10.0. The van der Waals surface area contributed by atoms with Crippen LogP contribution in [0.5, 0.6) is 11.5 Å². The Bertz CT molecular complexity index is 1120. The molecule has 7 heteroatoms. The molecule has 2 amide bonds. The number of carbonyl (C=O) groups is 2. The average molecular weight is 463 g/mol. The van der Waals surface area contributed by atoms with E-state index in [1.807, 2.05) is 60.7 Å². The first-order valence-corrected chi connectivity index (χ1v) is 11.0. The summed E-state index contributed by atoms with van der Waals surface area (Å²) in [4.78, 5) is 23.6. The number of benzene rings is 3. The molecule has 0 radical (unpaired) electrons. The second kappa shape index (κ2) is 11.2. The van der Waals surface area contributed by atoms with Gasteiger partial charge in [0.2, 0.25) is 5.91 Å². The van der Waals surface area contributed by atoms with Gasteiger partial charge in [0, 0.05) is 5.56 Å². The van der Waals surface area contributed by atoms with Gasteiger partial charge in [-0.25, -0.2) is 4.79 Å². The van der Waals surface area contributed by atoms with Gasteiger partial charge in [0.05, 0.1) is 6.54 Å². The van der Waals surface area contributed by atoms with Gasteiger partial charge in [0.25, 0.3) is 0 Å². The molecular weight excluding hydrogens is 432 g/mol. The van der Waals surface area contributed by atoms with Gasteiger partial charge in [-0.1, -0.05) is 42.5 Å². The van der Waals surface area contributed by atoms with E-state index in [1.165, 1.54) is 0 Å². The van der Waals surface area contributed by atoms with Gasteiger partial charge < -0.3 is 25.3 Å². The minimum absolute atomic E-state index is 0.196. The average Bonchev–Trinajstić information content (AvgIpc) is 2.80. The highest BCUT2D eigenvalue weighted by atomic mass is 16.6. The lowest BCUT2D eigenvalue weighted by Gasteiger charge is -2.19. The van der Waals surface area contributed by atoms with Crippen molar-refractivity contribution in [3.05, 3.63) is 83.9 Å². The van der Waals surface area contributed by atoms with Gasteiger partial charge >= 0.3 is 6.09 Å². The van der Waals surface area contributed by atoms with E-state index in [2.05, 4.69) is 5.32 Å². The lowest BCUT2D eigenvalue weighted by Crippen LogP contribution is -2.34. The normalized spacial score (nSPS) is 10.9. The Balaban J connectivity index is 1.68. The Labute approximate surface area is 199 Å². The molecule has 0 unspecified atom stereocenters. The number of hydrogen-bond acceptors (Lipinski definition) is 5. The minimum Gasteiger partial charge on any atom is -0.492 e. The monoisotopic (exact) mass is 462 g/mol. The van der Waals surface area contributed by atoms with Crippen molar-refractivity contribution in [1.29, 1.82) is 0 Å². The summed E-state index contributed by atoms with van der Waals surface area (Å²) in [5.41, 5.74) is 7.96. The van der Waals surface area contributed by atoms with E-state index in [1.54, 1.807) is 32.9 Å². The standard InChI is InChI=1S/C27H30N2O5/c1-27(2,3)34-26(31)29-12-13-32-24-16-21(14-22(17-24)25(28)30)20-10-7-11-23(15-20)33-18-19-8-5-4-6-9-19/h4-11,14-17H,12-13,18H2,1-3H3,(H2,28,30)(H,29,31). The van der Waals surface area contributed by atoms with Gasteiger partial charge in [-0.15, -0.1) is 0 Å². The predicted molar refractivity (Wildman–Crippen MR) is 131 cm³/mol. The Morgan fingerprint density at radius 1 is 0.853 bits per heavy atom. The molecule has 0 spiro atoms. The Kier molecular flexibility index (Phi) is 8.14. The zero-order valence-corrected chi connectivity index (χ0v) is 19.7. The van der Waals surface area contributed by atoms with E-state index in [-0.39, 0.29) is 13.2 Å². The molecule has 0 saturated heterocycles. The third-order valence-corrected chi connectivity index (χ3v) is 4.65. The first-order valence-electron chi connectivity index (χ1n) is 11.0. The number of carbonyl (C=O) groups excluding carboxylic acids is 2. The molecular formula is C27H30N2O5. The van der Waals surface area contributed by atoms with Gasteiger partial charge in [-0.05, 0) is 67.8 Å². The van der Waals surface area contributed by atoms with Crippen molar-refractivity contribution in [2.24, 2.45) is 5.73 Å². The van der Waals surface area contributed by atoms with Crippen molar-refractivity contribution in [2.75, 3.05) is 13.2 Å². The van der Waals surface area contributed by atoms with Crippen LogP contribution in [0.2, 0.25) is 0 Å². The molecule has 0 bridgehead atoms. The molecule has 0 atom stereocenters. The van der Waals surface area contributed by atoms with E-state index >= 15 is 0 Å². The number of alkyl carbamates (subject to hydrolysis) is 1. The van der Waals surface area contributed by atoms with Crippen LogP contribution in [0.3, 0.4) is 0 Å². The number of nitrogens with two attached hydrogens (primary N) is 1. The number of nitrogens with one attached hydrogen (secondary N) is 1. The molecule has 3 N–H and O–H groups in total. The van der Waals surface area contributed by atoms with E-state index in [0.717, 1.165) is 16.7 Å². The molecule has 0 aliphatic carbocycles. The number of amides is 2. The summed E-state index contributed by atoms with van der Waals surface area (Å²) in [5.74, 6) is 0.609. The van der Waals surface area contributed by atoms with Crippen LogP contribution < -0.4 is 20.5 Å². The van der Waals surface area contributed by atoms with Crippen LogP contribution in [0.4, 0.5) is 4.79 Å². The molecule has 3 rings (SSSR count). The third-order valence-electron chi connectivity index (χ3n) is 4.65. The largest absolute Gasteiger partial charge is 0.492 e. The van der Waals surface area contributed by atoms with Gasteiger partial charge in [0.15, 0.2) is 0 Å². The fourth-order valence-electron chi connectivity index (χ4n) is 3.13.